The fourth-order valence-corrected chi connectivity index (χ4v) is 7.81. The fraction of sp³-hybridized carbons (Fsp3) is 0.191. The van der Waals surface area contributed by atoms with Crippen LogP contribution >= 0.6 is 0 Å². The number of esters is 1. The summed E-state index contributed by atoms with van der Waals surface area (Å²) in [4.78, 5) is 43.2. The van der Waals surface area contributed by atoms with E-state index in [1.165, 1.54) is 41.1 Å². The maximum absolute atomic E-state index is 13.8. The monoisotopic (exact) mass is 865 g/mol. The number of pyridine rings is 1. The van der Waals surface area contributed by atoms with Gasteiger partial charge < -0.3 is 45.5 Å². The van der Waals surface area contributed by atoms with E-state index in [1.807, 2.05) is 24.3 Å². The van der Waals surface area contributed by atoms with Gasteiger partial charge in [-0.2, -0.15) is 0 Å². The number of halogens is 1. The third-order valence-corrected chi connectivity index (χ3v) is 10.9. The molecule has 16 nitrogen and oxygen atoms in total. The minimum Gasteiger partial charge on any atom is -0.508 e. The second-order valence-electron chi connectivity index (χ2n) is 15.3. The molecule has 7 aromatic rings. The third kappa shape index (κ3) is 8.25. The average molecular weight is 866 g/mol. The maximum Gasteiger partial charge on any atom is 0.340 e. The Morgan fingerprint density at radius 3 is 2.28 bits per heavy atom. The first-order valence-corrected chi connectivity index (χ1v) is 20.5. The number of phenols is 3. The van der Waals surface area contributed by atoms with Crippen molar-refractivity contribution < 1.29 is 48.3 Å². The van der Waals surface area contributed by atoms with Crippen LogP contribution in [0.3, 0.4) is 0 Å². The summed E-state index contributed by atoms with van der Waals surface area (Å²) in [5.74, 6) is -0.768. The van der Waals surface area contributed by atoms with Gasteiger partial charge in [0, 0.05) is 65.5 Å². The highest BCUT2D eigenvalue weighted by Crippen LogP contribution is 2.57. The van der Waals surface area contributed by atoms with Crippen molar-refractivity contribution in [2.75, 3.05) is 25.0 Å². The molecule has 324 valence electrons. The minimum absolute atomic E-state index is 0.0407. The van der Waals surface area contributed by atoms with Crippen LogP contribution < -0.4 is 25.4 Å². The van der Waals surface area contributed by atoms with E-state index in [9.17, 15) is 34.1 Å². The molecule has 5 aromatic carbocycles. The van der Waals surface area contributed by atoms with Crippen molar-refractivity contribution in [1.29, 1.82) is 0 Å². The van der Waals surface area contributed by atoms with Crippen LogP contribution in [0.2, 0.25) is 0 Å². The van der Waals surface area contributed by atoms with Crippen molar-refractivity contribution in [3.63, 3.8) is 0 Å². The number of anilines is 1. The van der Waals surface area contributed by atoms with Gasteiger partial charge in [-0.05, 0) is 98.5 Å². The quantitative estimate of drug-likeness (QED) is 0.0461. The summed E-state index contributed by atoms with van der Waals surface area (Å²) in [6.07, 6.45) is 4.67. The number of carbonyl (C=O) groups is 3. The molecule has 9 rings (SSSR count). The van der Waals surface area contributed by atoms with Crippen LogP contribution in [0.15, 0.2) is 109 Å². The van der Waals surface area contributed by atoms with Gasteiger partial charge in [0.25, 0.3) is 0 Å². The molecule has 0 radical (unpaired) electrons. The Morgan fingerprint density at radius 2 is 1.52 bits per heavy atom. The van der Waals surface area contributed by atoms with Crippen LogP contribution in [0.5, 0.6) is 34.5 Å². The number of fused-ring (bicyclic) bond motifs is 7. The number of aromatic hydroxyl groups is 3. The normalized spacial score (nSPS) is 13.0. The van der Waals surface area contributed by atoms with Crippen molar-refractivity contribution >= 4 is 34.5 Å². The predicted octanol–water partition coefficient (Wildman–Crippen LogP) is 7.57. The summed E-state index contributed by atoms with van der Waals surface area (Å²) in [5.41, 5.74) is 2.98. The molecule has 1 spiro atoms. The Balaban J connectivity index is 0.677. The Bertz CT molecular complexity index is 2910. The largest absolute Gasteiger partial charge is 0.508 e. The molecular formula is C47H40FN7O9. The van der Waals surface area contributed by atoms with Gasteiger partial charge in [-0.1, -0.05) is 17.3 Å². The summed E-state index contributed by atoms with van der Waals surface area (Å²) >= 11 is 0. The van der Waals surface area contributed by atoms with Crippen molar-refractivity contribution in [1.82, 2.24) is 30.6 Å². The number of hydrogen-bond donors (Lipinski definition) is 6. The third-order valence-electron chi connectivity index (χ3n) is 10.9. The number of urea groups is 1. The molecule has 0 unspecified atom stereocenters. The zero-order valence-electron chi connectivity index (χ0n) is 34.0. The van der Waals surface area contributed by atoms with Gasteiger partial charge in [0.15, 0.2) is 17.2 Å². The molecule has 17 heteroatoms. The van der Waals surface area contributed by atoms with Crippen LogP contribution in [-0.2, 0) is 15.1 Å². The summed E-state index contributed by atoms with van der Waals surface area (Å²) in [5, 5.41) is 47.3. The van der Waals surface area contributed by atoms with E-state index < -0.39 is 29.2 Å². The number of ether oxygens (including phenoxy) is 3. The second-order valence-corrected chi connectivity index (χ2v) is 15.3. The molecule has 2 aliphatic rings. The number of unbranched alkanes of at least 4 members (excludes halogenated alkanes) is 2. The van der Waals surface area contributed by atoms with Crippen LogP contribution in [-0.4, -0.2) is 72.9 Å². The Hall–Kier alpha value is -8.21. The summed E-state index contributed by atoms with van der Waals surface area (Å²) in [6.45, 7) is 1.26. The van der Waals surface area contributed by atoms with E-state index in [1.54, 1.807) is 42.6 Å². The second kappa shape index (κ2) is 17.3. The fourth-order valence-electron chi connectivity index (χ4n) is 7.81. The highest BCUT2D eigenvalue weighted by Gasteiger charge is 2.53. The maximum atomic E-state index is 13.8. The first-order valence-electron chi connectivity index (χ1n) is 20.5. The summed E-state index contributed by atoms with van der Waals surface area (Å²) < 4.78 is 33.2. The van der Waals surface area contributed by atoms with Gasteiger partial charge >= 0.3 is 12.0 Å². The van der Waals surface area contributed by atoms with E-state index in [0.717, 1.165) is 29.8 Å². The molecule has 2 aliphatic heterocycles. The van der Waals surface area contributed by atoms with Crippen molar-refractivity contribution in [2.45, 2.75) is 37.7 Å². The highest BCUT2D eigenvalue weighted by atomic mass is 19.1. The van der Waals surface area contributed by atoms with Crippen LogP contribution in [0.4, 0.5) is 14.9 Å². The minimum atomic E-state index is -1.39. The number of benzene rings is 5. The van der Waals surface area contributed by atoms with E-state index in [2.05, 4.69) is 31.2 Å². The van der Waals surface area contributed by atoms with Gasteiger partial charge in [-0.25, -0.2) is 23.6 Å². The van der Waals surface area contributed by atoms with Gasteiger partial charge in [0.05, 0.1) is 35.3 Å². The topological polar surface area (TPSA) is 219 Å². The SMILES string of the molecule is O=C(CCCOc1ccc2nc(-c3cn(-c4ccc(O)c(F)c4)nn3)ccc2c1)NCCCCCNC(=O)Nc1ccc2c(c1)C(=O)OC21c2ccc(O)cc2Oc2cc(O)ccc21. The van der Waals surface area contributed by atoms with Gasteiger partial charge in [0.1, 0.15) is 34.4 Å². The predicted molar refractivity (Wildman–Crippen MR) is 230 cm³/mol. The molecule has 4 heterocycles. The van der Waals surface area contributed by atoms with Crippen molar-refractivity contribution in [2.24, 2.45) is 0 Å². The zero-order chi connectivity index (χ0) is 44.4. The number of rotatable bonds is 14. The number of phenolic OH excluding ortho intramolecular Hbond substituents is 3. The first kappa shape index (κ1) is 41.2. The molecule has 0 aliphatic carbocycles. The highest BCUT2D eigenvalue weighted by molar-refractivity contribution is 5.99. The molecule has 0 saturated carbocycles. The van der Waals surface area contributed by atoms with Crippen LogP contribution in [0.1, 0.15) is 59.2 Å². The van der Waals surface area contributed by atoms with E-state index in [0.29, 0.717) is 84.2 Å². The molecule has 3 amide bonds. The lowest BCUT2D eigenvalue weighted by Gasteiger charge is -2.36. The number of amides is 3. The van der Waals surface area contributed by atoms with Crippen molar-refractivity contribution in [3.8, 4) is 51.6 Å². The standard InChI is InChI=1S/C47H40FN7O9/c48-37-23-29(8-17-41(37)58)55-26-40(53-54-55)39-15-6-27-21-32(11-16-38(27)52-39)62-20-4-5-44(59)49-18-2-1-3-19-50-46(61)51-28-7-12-34-33(22-28)45(60)64-47(34)35-13-9-30(56)24-42(35)63-43-25-31(57)10-14-36(43)47/h6-17,21-26,56-58H,1-5,18-20H2,(H,49,59)(H2,50,51,61). The smallest absolute Gasteiger partial charge is 0.340 e. The number of aromatic nitrogens is 4. The van der Waals surface area contributed by atoms with E-state index in [-0.39, 0.29) is 34.5 Å². The molecular weight excluding hydrogens is 826 g/mol. The molecule has 64 heavy (non-hydrogen) atoms. The van der Waals surface area contributed by atoms with E-state index >= 15 is 0 Å². The Morgan fingerprint density at radius 1 is 0.766 bits per heavy atom. The van der Waals surface area contributed by atoms with Gasteiger partial charge in [-0.3, -0.25) is 4.79 Å². The number of nitrogens with one attached hydrogen (secondary N) is 3. The average Bonchev–Trinajstić information content (AvgIpc) is 3.89. The lowest BCUT2D eigenvalue weighted by molar-refractivity contribution is -0.121. The van der Waals surface area contributed by atoms with Crippen LogP contribution in [0.25, 0.3) is 28.0 Å². The van der Waals surface area contributed by atoms with Gasteiger partial charge in [-0.15, -0.1) is 5.10 Å². The Labute approximate surface area is 364 Å². The Kier molecular flexibility index (Phi) is 11.1. The zero-order valence-corrected chi connectivity index (χ0v) is 34.0. The van der Waals surface area contributed by atoms with Gasteiger partial charge in [0.2, 0.25) is 5.91 Å². The first-order chi connectivity index (χ1) is 31.0. The molecule has 6 N–H and O–H groups in total. The molecule has 2 aromatic heterocycles. The molecule has 0 fully saturated rings. The summed E-state index contributed by atoms with van der Waals surface area (Å²) in [6, 6.07) is 26.7. The summed E-state index contributed by atoms with van der Waals surface area (Å²) in [7, 11) is 0. The lowest BCUT2D eigenvalue weighted by atomic mass is 9.77. The number of hydrogen-bond acceptors (Lipinski definition) is 12. The number of nitrogens with zero attached hydrogens (tertiary/aromatic N) is 4. The molecule has 0 atom stereocenters. The van der Waals surface area contributed by atoms with Crippen molar-refractivity contribution in [3.05, 3.63) is 137 Å². The number of carbonyl (C=O) groups excluding carboxylic acids is 3. The lowest BCUT2D eigenvalue weighted by Crippen LogP contribution is -2.33. The van der Waals surface area contributed by atoms with E-state index in [4.69, 9.17) is 14.2 Å². The molecule has 0 bridgehead atoms. The molecule has 0 saturated heterocycles. The van der Waals surface area contributed by atoms with Crippen LogP contribution in [0, 0.1) is 5.82 Å².